The van der Waals surface area contributed by atoms with E-state index in [4.69, 9.17) is 27.9 Å². The maximum atomic E-state index is 13.2. The summed E-state index contributed by atoms with van der Waals surface area (Å²) in [5.74, 6) is -0.777. The molecule has 4 aromatic rings. The van der Waals surface area contributed by atoms with E-state index in [1.807, 2.05) is 56.3 Å². The van der Waals surface area contributed by atoms with E-state index in [0.717, 1.165) is 22.1 Å². The second-order valence-electron chi connectivity index (χ2n) is 10.1. The first-order valence-electron chi connectivity index (χ1n) is 13.6. The number of nitrogens with one attached hydrogen (secondary N) is 3. The van der Waals surface area contributed by atoms with Crippen LogP contribution in [0.3, 0.4) is 0 Å². The standard InChI is InChI=1S/C31H33Cl2N3O5S/c1-20-17-24(18-21(2)29(20)33)41-15-6-9-26-25-12-11-23(32)19-27(25)35-30(26)31(38)36-42(39,40)16-14-34-28(37)13-10-22-7-4-3-5-8-22/h3-5,7-8,11-12,17-19,35H,6,9-10,13-16H2,1-2H3,(H,34,37)(H,36,38). The largest absolute Gasteiger partial charge is 0.494 e. The molecule has 8 nitrogen and oxygen atoms in total. The third kappa shape index (κ3) is 8.50. The number of aromatic nitrogens is 1. The van der Waals surface area contributed by atoms with Gasteiger partial charge in [0, 0.05) is 33.9 Å². The predicted octanol–water partition coefficient (Wildman–Crippen LogP) is 5.91. The van der Waals surface area contributed by atoms with E-state index in [9.17, 15) is 18.0 Å². The van der Waals surface area contributed by atoms with Crippen LogP contribution >= 0.6 is 23.2 Å². The number of carbonyl (C=O) groups is 2. The molecule has 0 unspecified atom stereocenters. The van der Waals surface area contributed by atoms with Crippen LogP contribution in [-0.4, -0.2) is 44.1 Å². The maximum Gasteiger partial charge on any atom is 0.281 e. The summed E-state index contributed by atoms with van der Waals surface area (Å²) in [6.45, 7) is 4.09. The van der Waals surface area contributed by atoms with Gasteiger partial charge in [-0.05, 0) is 79.6 Å². The number of hydrogen-bond donors (Lipinski definition) is 3. The zero-order valence-electron chi connectivity index (χ0n) is 23.4. The Labute approximate surface area is 255 Å². The lowest BCUT2D eigenvalue weighted by Gasteiger charge is -2.11. The van der Waals surface area contributed by atoms with Gasteiger partial charge in [0.25, 0.3) is 5.91 Å². The molecule has 0 aliphatic heterocycles. The van der Waals surface area contributed by atoms with E-state index in [0.29, 0.717) is 52.7 Å². The molecule has 3 N–H and O–H groups in total. The van der Waals surface area contributed by atoms with Gasteiger partial charge < -0.3 is 15.0 Å². The number of carbonyl (C=O) groups excluding carboxylic acids is 2. The molecule has 222 valence electrons. The number of amides is 2. The molecule has 0 bridgehead atoms. The van der Waals surface area contributed by atoms with Gasteiger partial charge in [-0.25, -0.2) is 13.1 Å². The fourth-order valence-corrected chi connectivity index (χ4v) is 5.81. The van der Waals surface area contributed by atoms with Gasteiger partial charge in [0.05, 0.1) is 12.4 Å². The quantitative estimate of drug-likeness (QED) is 0.159. The molecule has 0 atom stereocenters. The summed E-state index contributed by atoms with van der Waals surface area (Å²) in [6.07, 6.45) is 1.80. The smallest absolute Gasteiger partial charge is 0.281 e. The number of H-pyrrole nitrogens is 1. The molecule has 3 aromatic carbocycles. The van der Waals surface area contributed by atoms with Crippen molar-refractivity contribution >= 4 is 55.9 Å². The lowest BCUT2D eigenvalue weighted by molar-refractivity contribution is -0.120. The molecule has 11 heteroatoms. The lowest BCUT2D eigenvalue weighted by atomic mass is 10.1. The minimum Gasteiger partial charge on any atom is -0.494 e. The van der Waals surface area contributed by atoms with Gasteiger partial charge in [-0.1, -0.05) is 59.6 Å². The zero-order valence-corrected chi connectivity index (χ0v) is 25.8. The van der Waals surface area contributed by atoms with Gasteiger partial charge in [-0.2, -0.15) is 0 Å². The first kappa shape index (κ1) is 31.4. The molecule has 0 fully saturated rings. The summed E-state index contributed by atoms with van der Waals surface area (Å²) in [5.41, 5.74) is 4.29. The number of halogens is 2. The van der Waals surface area contributed by atoms with Gasteiger partial charge in [-0.15, -0.1) is 0 Å². The highest BCUT2D eigenvalue weighted by atomic mass is 35.5. The highest BCUT2D eigenvalue weighted by Gasteiger charge is 2.22. The van der Waals surface area contributed by atoms with E-state index >= 15 is 0 Å². The summed E-state index contributed by atoms with van der Waals surface area (Å²) >= 11 is 12.4. The van der Waals surface area contributed by atoms with Crippen molar-refractivity contribution in [3.8, 4) is 5.75 Å². The molecule has 1 heterocycles. The van der Waals surface area contributed by atoms with Crippen LogP contribution in [0.15, 0.2) is 60.7 Å². The van der Waals surface area contributed by atoms with E-state index in [2.05, 4.69) is 15.0 Å². The van der Waals surface area contributed by atoms with Crippen LogP contribution in [0.2, 0.25) is 10.0 Å². The SMILES string of the molecule is Cc1cc(OCCCc2c(C(=O)NS(=O)(=O)CCNC(=O)CCc3ccccc3)[nH]c3cc(Cl)ccc23)cc(C)c1Cl. The van der Waals surface area contributed by atoms with Crippen LogP contribution in [0.1, 0.15) is 45.6 Å². The lowest BCUT2D eigenvalue weighted by Crippen LogP contribution is -2.37. The predicted molar refractivity (Wildman–Crippen MR) is 167 cm³/mol. The van der Waals surface area contributed by atoms with Crippen molar-refractivity contribution < 1.29 is 22.7 Å². The summed E-state index contributed by atoms with van der Waals surface area (Å²) < 4.78 is 33.5. The number of sulfonamides is 1. The van der Waals surface area contributed by atoms with Crippen LogP contribution in [-0.2, 0) is 27.7 Å². The van der Waals surface area contributed by atoms with Gasteiger partial charge in [0.1, 0.15) is 11.4 Å². The topological polar surface area (TPSA) is 117 Å². The number of fused-ring (bicyclic) bond motifs is 1. The molecule has 1 aromatic heterocycles. The van der Waals surface area contributed by atoms with E-state index < -0.39 is 21.7 Å². The molecular weight excluding hydrogens is 597 g/mol. The van der Waals surface area contributed by atoms with Gasteiger partial charge in [0.2, 0.25) is 15.9 Å². The van der Waals surface area contributed by atoms with Gasteiger partial charge in [-0.3, -0.25) is 9.59 Å². The summed E-state index contributed by atoms with van der Waals surface area (Å²) in [4.78, 5) is 28.4. The molecule has 0 saturated carbocycles. The second kappa shape index (κ2) is 14.1. The number of aromatic amines is 1. The van der Waals surface area contributed by atoms with Crippen LogP contribution in [0.25, 0.3) is 10.9 Å². The Morgan fingerprint density at radius 3 is 2.38 bits per heavy atom. The van der Waals surface area contributed by atoms with Crippen molar-refractivity contribution in [2.75, 3.05) is 18.9 Å². The number of benzene rings is 3. The molecule has 42 heavy (non-hydrogen) atoms. The van der Waals surface area contributed by atoms with Crippen molar-refractivity contribution in [3.05, 3.63) is 98.7 Å². The van der Waals surface area contributed by atoms with Crippen LogP contribution in [0.4, 0.5) is 0 Å². The molecule has 2 amide bonds. The molecule has 4 rings (SSSR count). The Hall–Kier alpha value is -3.53. The monoisotopic (exact) mass is 629 g/mol. The molecular formula is C31H33Cl2N3O5S. The molecule has 0 saturated heterocycles. The summed E-state index contributed by atoms with van der Waals surface area (Å²) in [5, 5.41) is 4.56. The van der Waals surface area contributed by atoms with Crippen LogP contribution in [0.5, 0.6) is 5.75 Å². The Balaban J connectivity index is 1.36. The van der Waals surface area contributed by atoms with E-state index in [-0.39, 0.29) is 24.6 Å². The molecule has 0 radical (unpaired) electrons. The molecule has 0 spiro atoms. The highest BCUT2D eigenvalue weighted by Crippen LogP contribution is 2.28. The minimum absolute atomic E-state index is 0.119. The highest BCUT2D eigenvalue weighted by molar-refractivity contribution is 7.90. The average molecular weight is 631 g/mol. The summed E-state index contributed by atoms with van der Waals surface area (Å²) in [7, 11) is -4.02. The minimum atomic E-state index is -4.02. The Bertz CT molecular complexity index is 1660. The van der Waals surface area contributed by atoms with Crippen molar-refractivity contribution in [1.29, 1.82) is 0 Å². The first-order valence-corrected chi connectivity index (χ1v) is 16.0. The maximum absolute atomic E-state index is 13.2. The Morgan fingerprint density at radius 1 is 0.952 bits per heavy atom. The van der Waals surface area contributed by atoms with Crippen molar-refractivity contribution in [3.63, 3.8) is 0 Å². The second-order valence-corrected chi connectivity index (χ2v) is 12.7. The Kier molecular flexibility index (Phi) is 10.5. The van der Waals surface area contributed by atoms with Crippen molar-refractivity contribution in [2.24, 2.45) is 0 Å². The van der Waals surface area contributed by atoms with E-state index in [1.54, 1.807) is 18.2 Å². The number of hydrogen-bond acceptors (Lipinski definition) is 5. The van der Waals surface area contributed by atoms with Gasteiger partial charge in [0.15, 0.2) is 0 Å². The normalized spacial score (nSPS) is 11.4. The van der Waals surface area contributed by atoms with Crippen LogP contribution < -0.4 is 14.8 Å². The fourth-order valence-electron chi connectivity index (χ4n) is 4.67. The molecule has 0 aliphatic rings. The Morgan fingerprint density at radius 2 is 1.67 bits per heavy atom. The first-order chi connectivity index (χ1) is 20.0. The number of aryl methyl sites for hydroxylation is 4. The van der Waals surface area contributed by atoms with Crippen molar-refractivity contribution in [1.82, 2.24) is 15.0 Å². The number of rotatable bonds is 13. The molecule has 0 aliphatic carbocycles. The van der Waals surface area contributed by atoms with Crippen LogP contribution in [0, 0.1) is 13.8 Å². The summed E-state index contributed by atoms with van der Waals surface area (Å²) in [6, 6.07) is 18.5. The van der Waals surface area contributed by atoms with E-state index in [1.165, 1.54) is 0 Å². The third-order valence-electron chi connectivity index (χ3n) is 6.77. The van der Waals surface area contributed by atoms with Crippen molar-refractivity contribution in [2.45, 2.75) is 39.5 Å². The zero-order chi connectivity index (χ0) is 30.3. The fraction of sp³-hybridized carbons (Fsp3) is 0.290. The number of ether oxygens (including phenoxy) is 1. The van der Waals surface area contributed by atoms with Gasteiger partial charge >= 0.3 is 0 Å². The third-order valence-corrected chi connectivity index (χ3v) is 8.84. The average Bonchev–Trinajstić information content (AvgIpc) is 3.30.